The first kappa shape index (κ1) is 13.9. The summed E-state index contributed by atoms with van der Waals surface area (Å²) < 4.78 is 10.4. The van der Waals surface area contributed by atoms with E-state index in [9.17, 15) is 0 Å². The SMILES string of the molecule is COc1ccc(NCN=Cc2cccnc2)cc1OC. The van der Waals surface area contributed by atoms with Gasteiger partial charge in [-0.05, 0) is 18.2 Å². The van der Waals surface area contributed by atoms with Gasteiger partial charge in [0.2, 0.25) is 0 Å². The number of rotatable bonds is 6. The van der Waals surface area contributed by atoms with E-state index in [0.717, 1.165) is 11.3 Å². The van der Waals surface area contributed by atoms with Gasteiger partial charge in [0.25, 0.3) is 0 Å². The van der Waals surface area contributed by atoms with E-state index < -0.39 is 0 Å². The molecule has 0 saturated heterocycles. The van der Waals surface area contributed by atoms with Crippen LogP contribution in [0, 0.1) is 0 Å². The number of anilines is 1. The molecule has 1 heterocycles. The fourth-order valence-corrected chi connectivity index (χ4v) is 1.69. The average Bonchev–Trinajstić information content (AvgIpc) is 2.52. The highest BCUT2D eigenvalue weighted by Gasteiger charge is 2.03. The predicted molar refractivity (Wildman–Crippen MR) is 79.9 cm³/mol. The van der Waals surface area contributed by atoms with Gasteiger partial charge >= 0.3 is 0 Å². The number of hydrogen-bond donors (Lipinski definition) is 1. The molecule has 1 N–H and O–H groups in total. The molecular formula is C15H17N3O2. The molecule has 0 radical (unpaired) electrons. The highest BCUT2D eigenvalue weighted by Crippen LogP contribution is 2.29. The molecule has 0 atom stereocenters. The number of aromatic nitrogens is 1. The summed E-state index contributed by atoms with van der Waals surface area (Å²) in [5, 5.41) is 3.19. The van der Waals surface area contributed by atoms with Crippen molar-refractivity contribution >= 4 is 11.9 Å². The molecule has 2 rings (SSSR count). The van der Waals surface area contributed by atoms with E-state index in [0.29, 0.717) is 18.2 Å². The summed E-state index contributed by atoms with van der Waals surface area (Å²) in [6.45, 7) is 0.477. The standard InChI is InChI=1S/C15H17N3O2/c1-19-14-6-5-13(8-15(14)20-2)18-11-17-10-12-4-3-7-16-9-12/h3-10,18H,11H2,1-2H3. The molecule has 0 aliphatic heterocycles. The molecule has 0 aliphatic carbocycles. The lowest BCUT2D eigenvalue weighted by Gasteiger charge is -2.10. The lowest BCUT2D eigenvalue weighted by Crippen LogP contribution is -2.00. The third-order valence-corrected chi connectivity index (χ3v) is 2.68. The smallest absolute Gasteiger partial charge is 0.162 e. The third kappa shape index (κ3) is 3.71. The van der Waals surface area contributed by atoms with Gasteiger partial charge in [0.15, 0.2) is 11.5 Å². The molecule has 2 aromatic rings. The summed E-state index contributed by atoms with van der Waals surface area (Å²) >= 11 is 0. The highest BCUT2D eigenvalue weighted by molar-refractivity contribution is 5.78. The van der Waals surface area contributed by atoms with Gasteiger partial charge in [-0.1, -0.05) is 6.07 Å². The summed E-state index contributed by atoms with van der Waals surface area (Å²) in [5.74, 6) is 1.39. The van der Waals surface area contributed by atoms with Crippen molar-refractivity contribution in [1.82, 2.24) is 4.98 Å². The van der Waals surface area contributed by atoms with Crippen molar-refractivity contribution < 1.29 is 9.47 Å². The number of ether oxygens (including phenoxy) is 2. The van der Waals surface area contributed by atoms with E-state index >= 15 is 0 Å². The van der Waals surface area contributed by atoms with Gasteiger partial charge in [-0.25, -0.2) is 0 Å². The Morgan fingerprint density at radius 3 is 2.75 bits per heavy atom. The second kappa shape index (κ2) is 7.13. The Kier molecular flexibility index (Phi) is 4.94. The van der Waals surface area contributed by atoms with E-state index in [2.05, 4.69) is 15.3 Å². The molecule has 1 aromatic heterocycles. The second-order valence-corrected chi connectivity index (χ2v) is 4.00. The Labute approximate surface area is 118 Å². The molecule has 0 saturated carbocycles. The Morgan fingerprint density at radius 2 is 2.05 bits per heavy atom. The molecule has 0 amide bonds. The fourth-order valence-electron chi connectivity index (χ4n) is 1.69. The molecule has 0 unspecified atom stereocenters. The van der Waals surface area contributed by atoms with Gasteiger partial charge < -0.3 is 14.8 Å². The van der Waals surface area contributed by atoms with Gasteiger partial charge in [0.1, 0.15) is 6.67 Å². The molecule has 0 fully saturated rings. The van der Waals surface area contributed by atoms with Crippen LogP contribution in [0.3, 0.4) is 0 Å². The van der Waals surface area contributed by atoms with Crippen LogP contribution >= 0.6 is 0 Å². The van der Waals surface area contributed by atoms with Crippen LogP contribution in [-0.4, -0.2) is 32.1 Å². The summed E-state index contributed by atoms with van der Waals surface area (Å²) in [5.41, 5.74) is 1.90. The first-order valence-corrected chi connectivity index (χ1v) is 6.19. The first-order chi connectivity index (χ1) is 9.83. The number of pyridine rings is 1. The lowest BCUT2D eigenvalue weighted by atomic mass is 10.3. The Hall–Kier alpha value is -2.56. The van der Waals surface area contributed by atoms with E-state index in [1.54, 1.807) is 32.8 Å². The molecule has 20 heavy (non-hydrogen) atoms. The van der Waals surface area contributed by atoms with Crippen LogP contribution in [0.2, 0.25) is 0 Å². The van der Waals surface area contributed by atoms with Crippen LogP contribution in [0.25, 0.3) is 0 Å². The summed E-state index contributed by atoms with van der Waals surface area (Å²) in [7, 11) is 3.23. The normalized spacial score (nSPS) is 10.5. The molecule has 0 aliphatic rings. The van der Waals surface area contributed by atoms with Gasteiger partial charge in [0.05, 0.1) is 14.2 Å². The number of nitrogens with one attached hydrogen (secondary N) is 1. The quantitative estimate of drug-likeness (QED) is 0.820. The topological polar surface area (TPSA) is 55.7 Å². The van der Waals surface area contributed by atoms with Gasteiger partial charge in [-0.15, -0.1) is 0 Å². The van der Waals surface area contributed by atoms with E-state index in [1.807, 2.05) is 30.3 Å². The van der Waals surface area contributed by atoms with E-state index in [-0.39, 0.29) is 0 Å². The Morgan fingerprint density at radius 1 is 1.20 bits per heavy atom. The number of hydrogen-bond acceptors (Lipinski definition) is 5. The minimum Gasteiger partial charge on any atom is -0.493 e. The van der Waals surface area contributed by atoms with Crippen LogP contribution in [0.5, 0.6) is 11.5 Å². The van der Waals surface area contributed by atoms with Crippen LogP contribution in [0.1, 0.15) is 5.56 Å². The monoisotopic (exact) mass is 271 g/mol. The Balaban J connectivity index is 1.93. The maximum absolute atomic E-state index is 5.24. The van der Waals surface area contributed by atoms with Crippen molar-refractivity contribution in [3.05, 3.63) is 48.3 Å². The van der Waals surface area contributed by atoms with Gasteiger partial charge in [0, 0.05) is 35.9 Å². The van der Waals surface area contributed by atoms with E-state index in [1.165, 1.54) is 0 Å². The maximum atomic E-state index is 5.24. The van der Waals surface area contributed by atoms with Crippen LogP contribution in [0.4, 0.5) is 5.69 Å². The zero-order chi connectivity index (χ0) is 14.2. The highest BCUT2D eigenvalue weighted by atomic mass is 16.5. The molecule has 0 bridgehead atoms. The molecular weight excluding hydrogens is 254 g/mol. The lowest BCUT2D eigenvalue weighted by molar-refractivity contribution is 0.355. The van der Waals surface area contributed by atoms with Crippen molar-refractivity contribution in [2.75, 3.05) is 26.2 Å². The van der Waals surface area contributed by atoms with Crippen molar-refractivity contribution in [2.45, 2.75) is 0 Å². The second-order valence-electron chi connectivity index (χ2n) is 4.00. The van der Waals surface area contributed by atoms with Crippen molar-refractivity contribution in [3.63, 3.8) is 0 Å². The zero-order valence-electron chi connectivity index (χ0n) is 11.5. The third-order valence-electron chi connectivity index (χ3n) is 2.68. The predicted octanol–water partition coefficient (Wildman–Crippen LogP) is 2.59. The van der Waals surface area contributed by atoms with Crippen molar-refractivity contribution in [3.8, 4) is 11.5 Å². The van der Waals surface area contributed by atoms with Crippen LogP contribution in [-0.2, 0) is 0 Å². The summed E-state index contributed by atoms with van der Waals surface area (Å²) in [6.07, 6.45) is 5.28. The minimum absolute atomic E-state index is 0.477. The molecule has 104 valence electrons. The molecule has 5 nitrogen and oxygen atoms in total. The van der Waals surface area contributed by atoms with Crippen LogP contribution in [0.15, 0.2) is 47.7 Å². The number of aliphatic imine (C=N–C) groups is 1. The Bertz CT molecular complexity index is 571. The zero-order valence-corrected chi connectivity index (χ0v) is 11.5. The fraction of sp³-hybridized carbons (Fsp3) is 0.200. The molecule has 5 heteroatoms. The van der Waals surface area contributed by atoms with Crippen molar-refractivity contribution in [1.29, 1.82) is 0 Å². The van der Waals surface area contributed by atoms with E-state index in [4.69, 9.17) is 9.47 Å². The first-order valence-electron chi connectivity index (χ1n) is 6.19. The van der Waals surface area contributed by atoms with Crippen LogP contribution < -0.4 is 14.8 Å². The minimum atomic E-state index is 0.477. The van der Waals surface area contributed by atoms with Gasteiger partial charge in [-0.2, -0.15) is 0 Å². The van der Waals surface area contributed by atoms with Gasteiger partial charge in [-0.3, -0.25) is 9.98 Å². The largest absolute Gasteiger partial charge is 0.493 e. The number of benzene rings is 1. The summed E-state index contributed by atoms with van der Waals surface area (Å²) in [4.78, 5) is 8.31. The number of methoxy groups -OCH3 is 2. The molecule has 0 spiro atoms. The number of nitrogens with zero attached hydrogens (tertiary/aromatic N) is 2. The summed E-state index contributed by atoms with van der Waals surface area (Å²) in [6, 6.07) is 9.47. The average molecular weight is 271 g/mol. The maximum Gasteiger partial charge on any atom is 0.162 e. The molecule has 1 aromatic carbocycles. The van der Waals surface area contributed by atoms with Crippen molar-refractivity contribution in [2.24, 2.45) is 4.99 Å².